The molecule has 0 bridgehead atoms. The van der Waals surface area contributed by atoms with E-state index in [9.17, 15) is 19.2 Å². The van der Waals surface area contributed by atoms with Crippen LogP contribution in [0.5, 0.6) is 0 Å². The SMILES string of the molecule is Cn1cc(Br)cc1C(=O)NNC(=O)CN1C(=O)NC2(CCCCC2)C1=O. The Hall–Kier alpha value is -2.36. The predicted octanol–water partition coefficient (Wildman–Crippen LogP) is 0.803. The number of urea groups is 1. The van der Waals surface area contributed by atoms with Gasteiger partial charge in [-0.15, -0.1) is 0 Å². The molecule has 3 N–H and O–H groups in total. The van der Waals surface area contributed by atoms with Crippen LogP contribution in [-0.4, -0.2) is 45.3 Å². The summed E-state index contributed by atoms with van der Waals surface area (Å²) in [5.41, 5.74) is 3.99. The van der Waals surface area contributed by atoms with E-state index in [1.807, 2.05) is 0 Å². The third kappa shape index (κ3) is 3.46. The monoisotopic (exact) mass is 425 g/mol. The van der Waals surface area contributed by atoms with E-state index in [-0.39, 0.29) is 5.91 Å². The fourth-order valence-corrected chi connectivity index (χ4v) is 3.96. The number of carbonyl (C=O) groups excluding carboxylic acids is 4. The average molecular weight is 426 g/mol. The van der Waals surface area contributed by atoms with Crippen molar-refractivity contribution in [2.75, 3.05) is 6.54 Å². The lowest BCUT2D eigenvalue weighted by Crippen LogP contribution is -2.50. The molecule has 1 aromatic heterocycles. The van der Waals surface area contributed by atoms with Crippen LogP contribution in [0.4, 0.5) is 4.79 Å². The van der Waals surface area contributed by atoms with Crippen molar-refractivity contribution in [2.24, 2.45) is 7.05 Å². The van der Waals surface area contributed by atoms with Gasteiger partial charge in [0.25, 0.3) is 17.7 Å². The van der Waals surface area contributed by atoms with Crippen LogP contribution in [0.2, 0.25) is 0 Å². The number of hydrogen-bond acceptors (Lipinski definition) is 4. The van der Waals surface area contributed by atoms with Gasteiger partial charge in [0.15, 0.2) is 0 Å². The van der Waals surface area contributed by atoms with Gasteiger partial charge in [-0.25, -0.2) is 4.79 Å². The summed E-state index contributed by atoms with van der Waals surface area (Å²) >= 11 is 3.26. The lowest BCUT2D eigenvalue weighted by atomic mass is 9.82. The molecule has 0 radical (unpaired) electrons. The van der Waals surface area contributed by atoms with Crippen molar-refractivity contribution in [3.05, 3.63) is 22.4 Å². The summed E-state index contributed by atoms with van der Waals surface area (Å²) in [5, 5.41) is 2.74. The molecule has 1 saturated carbocycles. The molecule has 0 unspecified atom stereocenters. The molecule has 2 fully saturated rings. The molecule has 9 nitrogen and oxygen atoms in total. The van der Waals surface area contributed by atoms with Gasteiger partial charge in [-0.3, -0.25) is 30.1 Å². The molecule has 0 aromatic carbocycles. The molecule has 2 aliphatic rings. The first kappa shape index (κ1) is 18.4. The van der Waals surface area contributed by atoms with Gasteiger partial charge < -0.3 is 9.88 Å². The number of amides is 5. The Morgan fingerprint density at radius 3 is 2.54 bits per heavy atom. The van der Waals surface area contributed by atoms with E-state index in [1.165, 1.54) is 0 Å². The second kappa shape index (κ2) is 7.10. The highest BCUT2D eigenvalue weighted by Gasteiger charge is 2.51. The lowest BCUT2D eigenvalue weighted by Gasteiger charge is -2.30. The fourth-order valence-electron chi connectivity index (χ4n) is 3.44. The molecular formula is C16H20BrN5O4. The first-order valence-corrected chi connectivity index (χ1v) is 9.17. The topological polar surface area (TPSA) is 113 Å². The van der Waals surface area contributed by atoms with Crippen LogP contribution in [0.3, 0.4) is 0 Å². The quantitative estimate of drug-likeness (QED) is 0.490. The molecule has 3 rings (SSSR count). The maximum Gasteiger partial charge on any atom is 0.325 e. The molecule has 1 aromatic rings. The number of imide groups is 1. The van der Waals surface area contributed by atoms with E-state index < -0.39 is 29.9 Å². The van der Waals surface area contributed by atoms with Crippen LogP contribution in [0.1, 0.15) is 42.6 Å². The Balaban J connectivity index is 1.56. The number of rotatable bonds is 3. The molecule has 5 amide bonds. The van der Waals surface area contributed by atoms with Gasteiger partial charge in [-0.05, 0) is 34.8 Å². The number of aromatic nitrogens is 1. The Labute approximate surface area is 158 Å². The molecule has 140 valence electrons. The molecule has 2 heterocycles. The van der Waals surface area contributed by atoms with Crippen LogP contribution in [-0.2, 0) is 16.6 Å². The Bertz CT molecular complexity index is 769. The van der Waals surface area contributed by atoms with Crippen molar-refractivity contribution < 1.29 is 19.2 Å². The largest absolute Gasteiger partial charge is 0.345 e. The van der Waals surface area contributed by atoms with Crippen LogP contribution in [0.15, 0.2) is 16.7 Å². The highest BCUT2D eigenvalue weighted by molar-refractivity contribution is 9.10. The maximum absolute atomic E-state index is 12.6. The van der Waals surface area contributed by atoms with Crippen molar-refractivity contribution >= 4 is 39.7 Å². The molecule has 1 aliphatic carbocycles. The highest BCUT2D eigenvalue weighted by atomic mass is 79.9. The van der Waals surface area contributed by atoms with Crippen molar-refractivity contribution in [1.82, 2.24) is 25.6 Å². The Morgan fingerprint density at radius 2 is 1.92 bits per heavy atom. The molecule has 0 atom stereocenters. The third-order valence-corrected chi connectivity index (χ3v) is 5.21. The van der Waals surface area contributed by atoms with E-state index in [1.54, 1.807) is 23.9 Å². The average Bonchev–Trinajstić information content (AvgIpc) is 3.05. The van der Waals surface area contributed by atoms with E-state index in [2.05, 4.69) is 32.1 Å². The van der Waals surface area contributed by atoms with Crippen LogP contribution >= 0.6 is 15.9 Å². The standard InChI is InChI=1S/C16H20BrN5O4/c1-21-8-10(17)7-11(21)13(24)20-19-12(23)9-22-14(25)16(18-15(22)26)5-3-2-4-6-16/h7-8H,2-6,9H2,1H3,(H,18,26)(H,19,23)(H,20,24). The summed E-state index contributed by atoms with van der Waals surface area (Å²) in [6.07, 6.45) is 5.66. The zero-order valence-corrected chi connectivity index (χ0v) is 15.9. The third-order valence-electron chi connectivity index (χ3n) is 4.77. The number of halogens is 1. The Morgan fingerprint density at radius 1 is 1.23 bits per heavy atom. The number of hydrazine groups is 1. The van der Waals surface area contributed by atoms with Crippen LogP contribution in [0.25, 0.3) is 0 Å². The molecule has 1 spiro atoms. The van der Waals surface area contributed by atoms with Gasteiger partial charge in [-0.2, -0.15) is 0 Å². The lowest BCUT2D eigenvalue weighted by molar-refractivity contribution is -0.136. The van der Waals surface area contributed by atoms with Gasteiger partial charge >= 0.3 is 6.03 Å². The predicted molar refractivity (Wildman–Crippen MR) is 94.8 cm³/mol. The second-order valence-corrected chi connectivity index (χ2v) is 7.54. The maximum atomic E-state index is 12.6. The minimum absolute atomic E-state index is 0.341. The van der Waals surface area contributed by atoms with Crippen molar-refractivity contribution in [3.8, 4) is 0 Å². The number of hydrogen-bond donors (Lipinski definition) is 3. The molecule has 10 heteroatoms. The summed E-state index contributed by atoms with van der Waals surface area (Å²) in [5.74, 6) is -1.52. The summed E-state index contributed by atoms with van der Waals surface area (Å²) in [6, 6.07) is 1.04. The molecule has 1 aliphatic heterocycles. The van der Waals surface area contributed by atoms with E-state index in [0.29, 0.717) is 18.5 Å². The van der Waals surface area contributed by atoms with Crippen molar-refractivity contribution in [1.29, 1.82) is 0 Å². The number of aryl methyl sites for hydroxylation is 1. The number of nitrogens with zero attached hydrogens (tertiary/aromatic N) is 2. The van der Waals surface area contributed by atoms with Crippen molar-refractivity contribution in [2.45, 2.75) is 37.6 Å². The summed E-state index contributed by atoms with van der Waals surface area (Å²) in [7, 11) is 1.69. The second-order valence-electron chi connectivity index (χ2n) is 6.62. The first-order chi connectivity index (χ1) is 12.3. The number of nitrogens with one attached hydrogen (secondary N) is 3. The fraction of sp³-hybridized carbons (Fsp3) is 0.500. The normalized spacial score (nSPS) is 18.8. The zero-order chi connectivity index (χ0) is 18.9. The smallest absolute Gasteiger partial charge is 0.325 e. The van der Waals surface area contributed by atoms with E-state index >= 15 is 0 Å². The van der Waals surface area contributed by atoms with Crippen LogP contribution in [0, 0.1) is 0 Å². The summed E-state index contributed by atoms with van der Waals surface area (Å²) < 4.78 is 2.32. The minimum Gasteiger partial charge on any atom is -0.345 e. The Kier molecular flexibility index (Phi) is 5.03. The first-order valence-electron chi connectivity index (χ1n) is 8.37. The van der Waals surface area contributed by atoms with Crippen LogP contribution < -0.4 is 16.2 Å². The zero-order valence-electron chi connectivity index (χ0n) is 14.3. The summed E-state index contributed by atoms with van der Waals surface area (Å²) in [6.45, 7) is -0.441. The van der Waals surface area contributed by atoms with Gasteiger partial charge in [-0.1, -0.05) is 19.3 Å². The van der Waals surface area contributed by atoms with E-state index in [4.69, 9.17) is 0 Å². The molecule has 1 saturated heterocycles. The van der Waals surface area contributed by atoms with Gasteiger partial charge in [0.1, 0.15) is 17.8 Å². The molecular weight excluding hydrogens is 406 g/mol. The highest BCUT2D eigenvalue weighted by Crippen LogP contribution is 2.33. The van der Waals surface area contributed by atoms with Gasteiger partial charge in [0, 0.05) is 17.7 Å². The minimum atomic E-state index is -0.867. The van der Waals surface area contributed by atoms with E-state index in [0.717, 1.165) is 28.6 Å². The van der Waals surface area contributed by atoms with Crippen molar-refractivity contribution in [3.63, 3.8) is 0 Å². The molecule has 26 heavy (non-hydrogen) atoms. The van der Waals surface area contributed by atoms with Gasteiger partial charge in [0.05, 0.1) is 0 Å². The summed E-state index contributed by atoms with van der Waals surface area (Å²) in [4.78, 5) is 49.8. The van der Waals surface area contributed by atoms with Gasteiger partial charge in [0.2, 0.25) is 0 Å². The number of carbonyl (C=O) groups is 4.